The van der Waals surface area contributed by atoms with E-state index in [1.165, 1.54) is 10.9 Å². The molecule has 0 aliphatic heterocycles. The van der Waals surface area contributed by atoms with Gasteiger partial charge in [-0.25, -0.2) is 9.48 Å². The molecule has 1 N–H and O–H groups in total. The lowest BCUT2D eigenvalue weighted by Crippen LogP contribution is -2.39. The minimum Gasteiger partial charge on any atom is -0.479 e. The molecule has 1 atom stereocenters. The smallest absolute Gasteiger partial charge is 0.331 e. The van der Waals surface area contributed by atoms with E-state index in [2.05, 4.69) is 25.1 Å². The third-order valence-electron chi connectivity index (χ3n) is 2.67. The van der Waals surface area contributed by atoms with Crippen molar-refractivity contribution in [1.29, 1.82) is 0 Å². The van der Waals surface area contributed by atoms with Crippen molar-refractivity contribution in [2.45, 2.75) is 25.8 Å². The third-order valence-corrected chi connectivity index (χ3v) is 3.33. The first-order valence-electron chi connectivity index (χ1n) is 4.89. The number of rotatable bonds is 4. The van der Waals surface area contributed by atoms with Gasteiger partial charge in [0, 0.05) is 0 Å². The molecule has 2 heterocycles. The number of aromatic nitrogens is 6. The fourth-order valence-electron chi connectivity index (χ4n) is 1.33. The Hall–Kier alpha value is -1.90. The van der Waals surface area contributed by atoms with Crippen molar-refractivity contribution in [3.8, 4) is 10.7 Å². The Morgan fingerprint density at radius 3 is 2.94 bits per heavy atom. The van der Waals surface area contributed by atoms with Gasteiger partial charge in [0.05, 0.1) is 6.20 Å². The molecule has 8 nitrogen and oxygen atoms in total. The highest BCUT2D eigenvalue weighted by Crippen LogP contribution is 2.26. The maximum Gasteiger partial charge on any atom is 0.331 e. The number of aliphatic carboxylic acids is 1. The van der Waals surface area contributed by atoms with Crippen LogP contribution in [-0.2, 0) is 10.3 Å². The van der Waals surface area contributed by atoms with Crippen LogP contribution in [0.1, 0.15) is 20.3 Å². The first-order valence-corrected chi connectivity index (χ1v) is 5.67. The minimum absolute atomic E-state index is 0.367. The summed E-state index contributed by atoms with van der Waals surface area (Å²) in [5, 5.41) is 24.1. The van der Waals surface area contributed by atoms with Crippen LogP contribution in [0.5, 0.6) is 0 Å². The molecule has 0 amide bonds. The van der Waals surface area contributed by atoms with E-state index in [4.69, 9.17) is 0 Å². The third kappa shape index (κ3) is 1.78. The lowest BCUT2D eigenvalue weighted by atomic mass is 9.99. The van der Waals surface area contributed by atoms with E-state index in [-0.39, 0.29) is 0 Å². The molecular formula is C8H10N6O2S. The number of tetrazole rings is 1. The standard InChI is InChI=1S/C8H10N6O2S/c1-3-8(2,7(15)16)14-6(10-11-12-14)5-4-9-13-17-5/h4H,3H2,1-2H3,(H,15,16). The molecule has 0 bridgehead atoms. The van der Waals surface area contributed by atoms with Crippen molar-refractivity contribution in [3.05, 3.63) is 6.20 Å². The number of carbonyl (C=O) groups is 1. The van der Waals surface area contributed by atoms with Crippen molar-refractivity contribution >= 4 is 17.5 Å². The van der Waals surface area contributed by atoms with Gasteiger partial charge in [-0.15, -0.1) is 10.2 Å². The lowest BCUT2D eigenvalue weighted by molar-refractivity contribution is -0.147. The first kappa shape index (κ1) is 11.6. The van der Waals surface area contributed by atoms with Gasteiger partial charge < -0.3 is 5.11 Å². The van der Waals surface area contributed by atoms with E-state index in [9.17, 15) is 9.90 Å². The molecule has 0 saturated heterocycles. The number of nitrogens with zero attached hydrogens (tertiary/aromatic N) is 6. The highest BCUT2D eigenvalue weighted by atomic mass is 32.1. The van der Waals surface area contributed by atoms with Gasteiger partial charge in [-0.3, -0.25) is 0 Å². The average Bonchev–Trinajstić information content (AvgIpc) is 2.97. The van der Waals surface area contributed by atoms with Crippen LogP contribution in [-0.4, -0.2) is 40.9 Å². The van der Waals surface area contributed by atoms with Crippen LogP contribution in [0.25, 0.3) is 10.7 Å². The van der Waals surface area contributed by atoms with E-state index < -0.39 is 11.5 Å². The molecule has 9 heteroatoms. The Bertz CT molecular complexity index is 524. The van der Waals surface area contributed by atoms with Crippen molar-refractivity contribution < 1.29 is 9.90 Å². The summed E-state index contributed by atoms with van der Waals surface area (Å²) in [5.74, 6) is -0.613. The normalized spacial score (nSPS) is 14.5. The zero-order valence-electron chi connectivity index (χ0n) is 9.23. The molecule has 17 heavy (non-hydrogen) atoms. The van der Waals surface area contributed by atoms with Crippen LogP contribution < -0.4 is 0 Å². The van der Waals surface area contributed by atoms with Gasteiger partial charge in [-0.05, 0) is 35.3 Å². The summed E-state index contributed by atoms with van der Waals surface area (Å²) >= 11 is 1.12. The van der Waals surface area contributed by atoms with Crippen molar-refractivity contribution in [1.82, 2.24) is 29.8 Å². The van der Waals surface area contributed by atoms with Crippen molar-refractivity contribution in [2.24, 2.45) is 0 Å². The largest absolute Gasteiger partial charge is 0.479 e. The zero-order valence-corrected chi connectivity index (χ0v) is 10.0. The molecule has 0 fully saturated rings. The average molecular weight is 254 g/mol. The molecule has 0 aliphatic carbocycles. The predicted octanol–water partition coefficient (Wildman–Crippen LogP) is 0.401. The van der Waals surface area contributed by atoms with Gasteiger partial charge >= 0.3 is 5.97 Å². The van der Waals surface area contributed by atoms with Crippen LogP contribution in [0.2, 0.25) is 0 Å². The van der Waals surface area contributed by atoms with Crippen LogP contribution in [0.3, 0.4) is 0 Å². The van der Waals surface area contributed by atoms with Gasteiger partial charge in [-0.1, -0.05) is 11.4 Å². The van der Waals surface area contributed by atoms with E-state index in [1.54, 1.807) is 13.8 Å². The van der Waals surface area contributed by atoms with Gasteiger partial charge in [0.2, 0.25) is 0 Å². The first-order chi connectivity index (χ1) is 8.09. The van der Waals surface area contributed by atoms with E-state index in [1.807, 2.05) is 0 Å². The highest BCUT2D eigenvalue weighted by molar-refractivity contribution is 7.09. The molecule has 2 aromatic heterocycles. The van der Waals surface area contributed by atoms with Gasteiger partial charge in [0.1, 0.15) is 4.88 Å². The number of carboxylic acids is 1. The fourth-order valence-corrected chi connectivity index (χ4v) is 1.82. The van der Waals surface area contributed by atoms with Crippen molar-refractivity contribution in [3.63, 3.8) is 0 Å². The monoisotopic (exact) mass is 254 g/mol. The van der Waals surface area contributed by atoms with E-state index in [0.717, 1.165) is 11.5 Å². The number of hydrogen-bond acceptors (Lipinski definition) is 7. The number of carboxylic acid groups (broad SMARTS) is 1. The second-order valence-electron chi connectivity index (χ2n) is 3.63. The molecular weight excluding hydrogens is 244 g/mol. The Balaban J connectivity index is 2.54. The van der Waals surface area contributed by atoms with Crippen molar-refractivity contribution in [2.75, 3.05) is 0 Å². The second kappa shape index (κ2) is 4.17. The maximum absolute atomic E-state index is 11.3. The topological polar surface area (TPSA) is 107 Å². The molecule has 0 aromatic carbocycles. The van der Waals surface area contributed by atoms with Crippen LogP contribution in [0, 0.1) is 0 Å². The minimum atomic E-state index is -1.18. The van der Waals surface area contributed by atoms with Crippen LogP contribution in [0.4, 0.5) is 0 Å². The number of hydrogen-bond donors (Lipinski definition) is 1. The molecule has 0 saturated carbocycles. The molecule has 2 aromatic rings. The molecule has 90 valence electrons. The quantitative estimate of drug-likeness (QED) is 0.841. The summed E-state index contributed by atoms with van der Waals surface area (Å²) in [5.41, 5.74) is -1.18. The van der Waals surface area contributed by atoms with Crippen LogP contribution in [0.15, 0.2) is 6.20 Å². The summed E-state index contributed by atoms with van der Waals surface area (Å²) in [6.45, 7) is 3.34. The highest BCUT2D eigenvalue weighted by Gasteiger charge is 2.37. The SMILES string of the molecule is CCC(C)(C(=O)O)n1nnnc1-c1cnns1. The Morgan fingerprint density at radius 2 is 2.41 bits per heavy atom. The second-order valence-corrected chi connectivity index (χ2v) is 4.41. The van der Waals surface area contributed by atoms with Gasteiger partial charge in [-0.2, -0.15) is 0 Å². The van der Waals surface area contributed by atoms with Gasteiger partial charge in [0.15, 0.2) is 11.4 Å². The molecule has 0 spiro atoms. The predicted molar refractivity (Wildman–Crippen MR) is 58.3 cm³/mol. The molecule has 0 radical (unpaired) electrons. The molecule has 2 rings (SSSR count). The summed E-state index contributed by atoms with van der Waals surface area (Å²) in [6, 6.07) is 0. The lowest BCUT2D eigenvalue weighted by Gasteiger charge is -2.23. The Labute approximate surface area is 100 Å². The van der Waals surface area contributed by atoms with E-state index in [0.29, 0.717) is 17.1 Å². The molecule has 1 unspecified atom stereocenters. The summed E-state index contributed by atoms with van der Waals surface area (Å²) in [6.07, 6.45) is 1.87. The van der Waals surface area contributed by atoms with Crippen LogP contribution >= 0.6 is 11.5 Å². The Morgan fingerprint density at radius 1 is 1.65 bits per heavy atom. The summed E-state index contributed by atoms with van der Waals surface area (Å²) in [7, 11) is 0. The molecule has 0 aliphatic rings. The summed E-state index contributed by atoms with van der Waals surface area (Å²) < 4.78 is 5.00. The van der Waals surface area contributed by atoms with E-state index >= 15 is 0 Å². The van der Waals surface area contributed by atoms with Gasteiger partial charge in [0.25, 0.3) is 0 Å². The fraction of sp³-hybridized carbons (Fsp3) is 0.500. The Kier molecular flexibility index (Phi) is 2.84. The summed E-state index contributed by atoms with van der Waals surface area (Å²) in [4.78, 5) is 12.0. The maximum atomic E-state index is 11.3. The zero-order chi connectivity index (χ0) is 12.5.